The molecule has 0 unspecified atom stereocenters. The molecule has 0 aliphatic heterocycles. The monoisotopic (exact) mass is 390 g/mol. The second-order valence-corrected chi connectivity index (χ2v) is 7.40. The molecule has 0 aliphatic rings. The number of nitrogens with one attached hydrogen (secondary N) is 2. The topological polar surface area (TPSA) is 67.4 Å². The van der Waals surface area contributed by atoms with Gasteiger partial charge in [0.25, 0.3) is 0 Å². The minimum atomic E-state index is -0.304. The Morgan fingerprint density at radius 1 is 0.759 bits per heavy atom. The highest BCUT2D eigenvalue weighted by Gasteiger charge is 2.16. The van der Waals surface area contributed by atoms with E-state index in [2.05, 4.69) is 10.6 Å². The van der Waals surface area contributed by atoms with Crippen molar-refractivity contribution in [2.45, 2.75) is 26.7 Å². The quantitative estimate of drug-likeness (QED) is 0.609. The van der Waals surface area contributed by atoms with Gasteiger partial charge in [0.05, 0.1) is 13.0 Å². The van der Waals surface area contributed by atoms with Gasteiger partial charge in [-0.05, 0) is 59.7 Å². The first-order valence-electron chi connectivity index (χ1n) is 9.67. The first-order chi connectivity index (χ1) is 13.9. The number of hydrogen-bond donors (Lipinski definition) is 2. The van der Waals surface area contributed by atoms with Crippen molar-refractivity contribution >= 4 is 34.0 Å². The number of carbonyl (C=O) groups excluding carboxylic acids is 2. The summed E-state index contributed by atoms with van der Waals surface area (Å²) < 4.78 is 5.26. The number of benzene rings is 3. The van der Waals surface area contributed by atoms with E-state index in [1.54, 1.807) is 31.4 Å². The largest absolute Gasteiger partial charge is 0.497 e. The molecule has 2 amide bonds. The van der Waals surface area contributed by atoms with Gasteiger partial charge in [-0.2, -0.15) is 0 Å². The van der Waals surface area contributed by atoms with Crippen LogP contribution in [0.25, 0.3) is 10.8 Å². The van der Waals surface area contributed by atoms with Crippen molar-refractivity contribution in [3.63, 3.8) is 0 Å². The molecule has 0 saturated carbocycles. The normalized spacial score (nSPS) is 11.9. The second kappa shape index (κ2) is 8.78. The van der Waals surface area contributed by atoms with Crippen molar-refractivity contribution in [1.29, 1.82) is 0 Å². The van der Waals surface area contributed by atoms with Crippen LogP contribution in [0.2, 0.25) is 0 Å². The van der Waals surface area contributed by atoms with Crippen molar-refractivity contribution in [2.24, 2.45) is 5.92 Å². The van der Waals surface area contributed by atoms with Crippen LogP contribution >= 0.6 is 0 Å². The lowest BCUT2D eigenvalue weighted by atomic mass is 9.97. The summed E-state index contributed by atoms with van der Waals surface area (Å²) in [7, 11) is 1.65. The van der Waals surface area contributed by atoms with E-state index in [9.17, 15) is 9.59 Å². The molecule has 0 aromatic heterocycles. The molecular formula is C24H26N2O3. The minimum Gasteiger partial charge on any atom is -0.497 e. The molecule has 0 aliphatic carbocycles. The van der Waals surface area contributed by atoms with E-state index in [0.717, 1.165) is 22.1 Å². The summed E-state index contributed by atoms with van der Waals surface area (Å²) >= 11 is 0. The van der Waals surface area contributed by atoms with Crippen molar-refractivity contribution in [3.8, 4) is 5.75 Å². The molecule has 0 fully saturated rings. The molecule has 3 aromatic carbocycles. The maximum atomic E-state index is 12.7. The van der Waals surface area contributed by atoms with Crippen LogP contribution in [0.3, 0.4) is 0 Å². The van der Waals surface area contributed by atoms with Gasteiger partial charge in [-0.3, -0.25) is 9.59 Å². The molecule has 0 heterocycles. The molecule has 0 saturated heterocycles. The molecule has 0 radical (unpaired) electrons. The number of ether oxygens (including phenoxy) is 1. The summed E-state index contributed by atoms with van der Waals surface area (Å²) in [5.74, 6) is 0.297. The molecule has 5 nitrogen and oxygen atoms in total. The number of amides is 2. The van der Waals surface area contributed by atoms with Crippen LogP contribution in [0.5, 0.6) is 5.75 Å². The third-order valence-electron chi connectivity index (χ3n) is 4.91. The van der Waals surface area contributed by atoms with E-state index in [-0.39, 0.29) is 23.7 Å². The van der Waals surface area contributed by atoms with Crippen LogP contribution in [0.15, 0.2) is 60.7 Å². The van der Waals surface area contributed by atoms with Crippen molar-refractivity contribution < 1.29 is 14.3 Å². The summed E-state index contributed by atoms with van der Waals surface area (Å²) in [6.45, 7) is 5.57. The van der Waals surface area contributed by atoms with Gasteiger partial charge in [-0.15, -0.1) is 0 Å². The Morgan fingerprint density at radius 3 is 1.90 bits per heavy atom. The zero-order chi connectivity index (χ0) is 21.0. The summed E-state index contributed by atoms with van der Waals surface area (Å²) in [6, 6.07) is 19.0. The average Bonchev–Trinajstić information content (AvgIpc) is 2.73. The predicted molar refractivity (Wildman–Crippen MR) is 117 cm³/mol. The summed E-state index contributed by atoms with van der Waals surface area (Å²) in [6.07, 6.45) is 0. The molecule has 3 rings (SSSR count). The number of hydrogen-bond acceptors (Lipinski definition) is 3. The van der Waals surface area contributed by atoms with E-state index in [1.807, 2.05) is 57.2 Å². The Balaban J connectivity index is 1.68. The number of rotatable bonds is 6. The third kappa shape index (κ3) is 4.93. The fraction of sp³-hybridized carbons (Fsp3) is 0.250. The first kappa shape index (κ1) is 20.4. The molecule has 150 valence electrons. The van der Waals surface area contributed by atoms with Gasteiger partial charge in [0, 0.05) is 17.3 Å². The molecule has 1 atom stereocenters. The minimum absolute atomic E-state index is 0.0377. The van der Waals surface area contributed by atoms with Crippen molar-refractivity contribution in [3.05, 3.63) is 66.2 Å². The Morgan fingerprint density at radius 2 is 1.31 bits per heavy atom. The maximum absolute atomic E-state index is 12.7. The van der Waals surface area contributed by atoms with Crippen LogP contribution < -0.4 is 15.4 Å². The van der Waals surface area contributed by atoms with Crippen molar-refractivity contribution in [2.75, 3.05) is 17.7 Å². The highest BCUT2D eigenvalue weighted by Crippen LogP contribution is 2.26. The lowest BCUT2D eigenvalue weighted by Gasteiger charge is -2.14. The van der Waals surface area contributed by atoms with Crippen LogP contribution in [-0.4, -0.2) is 18.9 Å². The lowest BCUT2D eigenvalue weighted by Crippen LogP contribution is -2.19. The SMILES string of the molecule is COc1ccc2cc([C@H](C)C(=O)Nc3ccc(NC(=O)C(C)C)cc3)ccc2c1. The van der Waals surface area contributed by atoms with Gasteiger partial charge in [-0.25, -0.2) is 0 Å². The lowest BCUT2D eigenvalue weighted by molar-refractivity contribution is -0.119. The fourth-order valence-electron chi connectivity index (χ4n) is 2.96. The van der Waals surface area contributed by atoms with Gasteiger partial charge in [-0.1, -0.05) is 38.1 Å². The molecular weight excluding hydrogens is 364 g/mol. The number of methoxy groups -OCH3 is 1. The van der Waals surface area contributed by atoms with Gasteiger partial charge < -0.3 is 15.4 Å². The first-order valence-corrected chi connectivity index (χ1v) is 9.67. The number of fused-ring (bicyclic) bond motifs is 1. The second-order valence-electron chi connectivity index (χ2n) is 7.40. The molecule has 2 N–H and O–H groups in total. The van der Waals surface area contributed by atoms with Crippen LogP contribution in [0.4, 0.5) is 11.4 Å². The Hall–Kier alpha value is -3.34. The average molecular weight is 390 g/mol. The summed E-state index contributed by atoms with van der Waals surface area (Å²) in [5, 5.41) is 7.91. The van der Waals surface area contributed by atoms with Gasteiger partial charge in [0.2, 0.25) is 11.8 Å². The number of carbonyl (C=O) groups is 2. The highest BCUT2D eigenvalue weighted by molar-refractivity contribution is 5.97. The van der Waals surface area contributed by atoms with E-state index >= 15 is 0 Å². The standard InChI is InChI=1S/C24H26N2O3/c1-15(2)23(27)25-20-8-10-21(11-9-20)26-24(28)16(3)17-5-6-19-14-22(29-4)12-7-18(19)13-17/h5-16H,1-4H3,(H,25,27)(H,26,28)/t16-/m0/s1. The highest BCUT2D eigenvalue weighted by atomic mass is 16.5. The van der Waals surface area contributed by atoms with E-state index in [4.69, 9.17) is 4.74 Å². The fourth-order valence-corrected chi connectivity index (χ4v) is 2.96. The van der Waals surface area contributed by atoms with E-state index in [1.165, 1.54) is 0 Å². The Bertz CT molecular complexity index is 1030. The van der Waals surface area contributed by atoms with E-state index in [0.29, 0.717) is 11.4 Å². The molecule has 5 heteroatoms. The molecule has 3 aromatic rings. The van der Waals surface area contributed by atoms with Crippen LogP contribution in [0.1, 0.15) is 32.3 Å². The van der Waals surface area contributed by atoms with E-state index < -0.39 is 0 Å². The summed E-state index contributed by atoms with van der Waals surface area (Å²) in [5.41, 5.74) is 2.34. The zero-order valence-electron chi connectivity index (χ0n) is 17.2. The molecule has 29 heavy (non-hydrogen) atoms. The number of anilines is 2. The Kier molecular flexibility index (Phi) is 6.17. The van der Waals surface area contributed by atoms with Crippen LogP contribution in [-0.2, 0) is 9.59 Å². The van der Waals surface area contributed by atoms with Crippen LogP contribution in [0, 0.1) is 5.92 Å². The van der Waals surface area contributed by atoms with Gasteiger partial charge >= 0.3 is 0 Å². The molecule has 0 bridgehead atoms. The van der Waals surface area contributed by atoms with Gasteiger partial charge in [0.15, 0.2) is 0 Å². The predicted octanol–water partition coefficient (Wildman–Crippen LogP) is 5.19. The zero-order valence-corrected chi connectivity index (χ0v) is 17.2. The van der Waals surface area contributed by atoms with Crippen molar-refractivity contribution in [1.82, 2.24) is 0 Å². The Labute approximate surface area is 171 Å². The molecule has 0 spiro atoms. The third-order valence-corrected chi connectivity index (χ3v) is 4.91. The summed E-state index contributed by atoms with van der Waals surface area (Å²) in [4.78, 5) is 24.5. The maximum Gasteiger partial charge on any atom is 0.231 e. The smallest absolute Gasteiger partial charge is 0.231 e. The van der Waals surface area contributed by atoms with Gasteiger partial charge in [0.1, 0.15) is 5.75 Å².